The molecule has 0 radical (unpaired) electrons. The summed E-state index contributed by atoms with van der Waals surface area (Å²) in [6.07, 6.45) is 5.90. The fourth-order valence-electron chi connectivity index (χ4n) is 3.37. The normalized spacial score (nSPS) is 29.3. The Balaban J connectivity index is 2.00. The van der Waals surface area contributed by atoms with Crippen LogP contribution in [0.15, 0.2) is 0 Å². The summed E-state index contributed by atoms with van der Waals surface area (Å²) in [5.41, 5.74) is 6.08. The number of nitrogens with two attached hydrogens (primary N) is 1. The quantitative estimate of drug-likeness (QED) is 0.822. The molecular formula is C14H27N3O. The van der Waals surface area contributed by atoms with Gasteiger partial charge in [0, 0.05) is 25.2 Å². The third kappa shape index (κ3) is 2.86. The maximum atomic E-state index is 12.5. The van der Waals surface area contributed by atoms with Crippen LogP contribution >= 0.6 is 0 Å². The summed E-state index contributed by atoms with van der Waals surface area (Å²) < 4.78 is 0. The third-order valence-corrected chi connectivity index (χ3v) is 4.47. The number of carbonyl (C=O) groups is 1. The summed E-state index contributed by atoms with van der Waals surface area (Å²) >= 11 is 0. The molecule has 2 N–H and O–H groups in total. The van der Waals surface area contributed by atoms with Gasteiger partial charge in [-0.3, -0.25) is 9.69 Å². The van der Waals surface area contributed by atoms with Crippen LogP contribution in [0.3, 0.4) is 0 Å². The Kier molecular flexibility index (Phi) is 4.62. The van der Waals surface area contributed by atoms with Crippen molar-refractivity contribution >= 4 is 5.91 Å². The first kappa shape index (κ1) is 13.8. The van der Waals surface area contributed by atoms with Gasteiger partial charge < -0.3 is 10.6 Å². The molecule has 0 aliphatic carbocycles. The van der Waals surface area contributed by atoms with Gasteiger partial charge in [0.25, 0.3) is 0 Å². The number of amides is 1. The zero-order valence-electron chi connectivity index (χ0n) is 11.8. The van der Waals surface area contributed by atoms with Crippen molar-refractivity contribution in [1.82, 2.24) is 9.80 Å². The lowest BCUT2D eigenvalue weighted by Crippen LogP contribution is -2.56. The van der Waals surface area contributed by atoms with Crippen LogP contribution in [0.2, 0.25) is 0 Å². The second-order valence-electron chi connectivity index (χ2n) is 5.87. The summed E-state index contributed by atoms with van der Waals surface area (Å²) in [5.74, 6) is 0.306. The highest BCUT2D eigenvalue weighted by molar-refractivity contribution is 5.81. The van der Waals surface area contributed by atoms with Crippen LogP contribution in [-0.4, -0.2) is 53.5 Å². The topological polar surface area (TPSA) is 49.6 Å². The van der Waals surface area contributed by atoms with E-state index in [1.807, 2.05) is 4.90 Å². The summed E-state index contributed by atoms with van der Waals surface area (Å²) in [5, 5.41) is 0. The number of carbonyl (C=O) groups excluding carboxylic acids is 1. The van der Waals surface area contributed by atoms with Gasteiger partial charge in [0.1, 0.15) is 0 Å². The Morgan fingerprint density at radius 3 is 2.33 bits per heavy atom. The second-order valence-corrected chi connectivity index (χ2v) is 5.87. The maximum absolute atomic E-state index is 12.5. The van der Waals surface area contributed by atoms with Crippen molar-refractivity contribution in [3.8, 4) is 0 Å². The van der Waals surface area contributed by atoms with Crippen molar-refractivity contribution in [3.05, 3.63) is 0 Å². The molecule has 0 bridgehead atoms. The highest BCUT2D eigenvalue weighted by Crippen LogP contribution is 2.23. The van der Waals surface area contributed by atoms with E-state index in [4.69, 9.17) is 5.73 Å². The molecule has 2 aliphatic rings. The van der Waals surface area contributed by atoms with Crippen molar-refractivity contribution in [2.45, 2.75) is 64.1 Å². The zero-order valence-corrected chi connectivity index (χ0v) is 11.8. The smallest absolute Gasteiger partial charge is 0.239 e. The molecule has 0 spiro atoms. The second kappa shape index (κ2) is 6.02. The lowest BCUT2D eigenvalue weighted by atomic mass is 9.95. The number of nitrogens with zero attached hydrogens (tertiary/aromatic N) is 2. The van der Waals surface area contributed by atoms with Gasteiger partial charge in [-0.15, -0.1) is 0 Å². The molecule has 0 aromatic carbocycles. The Bertz CT molecular complexity index is 287. The molecule has 2 rings (SSSR count). The number of hydrogen-bond acceptors (Lipinski definition) is 3. The van der Waals surface area contributed by atoms with Crippen LogP contribution in [0.5, 0.6) is 0 Å². The Morgan fingerprint density at radius 2 is 1.72 bits per heavy atom. The molecule has 2 saturated heterocycles. The predicted molar refractivity (Wildman–Crippen MR) is 73.3 cm³/mol. The van der Waals surface area contributed by atoms with E-state index in [0.717, 1.165) is 38.9 Å². The summed E-state index contributed by atoms with van der Waals surface area (Å²) in [4.78, 5) is 16.8. The van der Waals surface area contributed by atoms with E-state index < -0.39 is 0 Å². The summed E-state index contributed by atoms with van der Waals surface area (Å²) in [6.45, 7) is 7.03. The molecule has 4 heteroatoms. The number of rotatable bonds is 3. The lowest BCUT2D eigenvalue weighted by Gasteiger charge is -2.42. The lowest BCUT2D eigenvalue weighted by molar-refractivity contribution is -0.137. The molecule has 3 unspecified atom stereocenters. The van der Waals surface area contributed by atoms with E-state index in [2.05, 4.69) is 18.7 Å². The number of piperidine rings is 1. The Hall–Kier alpha value is -0.610. The van der Waals surface area contributed by atoms with Crippen LogP contribution in [-0.2, 0) is 4.79 Å². The molecule has 2 heterocycles. The van der Waals surface area contributed by atoms with E-state index in [1.165, 1.54) is 12.8 Å². The zero-order chi connectivity index (χ0) is 13.1. The number of hydrogen-bond donors (Lipinski definition) is 1. The average Bonchev–Trinajstić information content (AvgIpc) is 2.90. The maximum Gasteiger partial charge on any atom is 0.239 e. The molecular weight excluding hydrogens is 226 g/mol. The molecule has 0 aromatic rings. The molecule has 0 saturated carbocycles. The summed E-state index contributed by atoms with van der Waals surface area (Å²) in [7, 11) is 0. The Morgan fingerprint density at radius 1 is 1.11 bits per heavy atom. The van der Waals surface area contributed by atoms with Crippen LogP contribution in [0, 0.1) is 0 Å². The van der Waals surface area contributed by atoms with E-state index >= 15 is 0 Å². The van der Waals surface area contributed by atoms with Crippen molar-refractivity contribution < 1.29 is 4.79 Å². The highest BCUT2D eigenvalue weighted by atomic mass is 16.2. The van der Waals surface area contributed by atoms with Crippen molar-refractivity contribution in [2.75, 3.05) is 19.6 Å². The van der Waals surface area contributed by atoms with Gasteiger partial charge in [0.15, 0.2) is 0 Å². The highest BCUT2D eigenvalue weighted by Gasteiger charge is 2.34. The van der Waals surface area contributed by atoms with E-state index in [1.54, 1.807) is 0 Å². The molecule has 4 nitrogen and oxygen atoms in total. The fourth-order valence-corrected chi connectivity index (χ4v) is 3.37. The largest absolute Gasteiger partial charge is 0.341 e. The monoisotopic (exact) mass is 253 g/mol. The van der Waals surface area contributed by atoms with Crippen LogP contribution in [0.25, 0.3) is 0 Å². The first-order valence-corrected chi connectivity index (χ1v) is 7.41. The molecule has 0 aromatic heterocycles. The minimum absolute atomic E-state index is 0.000556. The molecule has 18 heavy (non-hydrogen) atoms. The summed E-state index contributed by atoms with van der Waals surface area (Å²) in [6, 6.07) is 0.527. The molecule has 2 fully saturated rings. The van der Waals surface area contributed by atoms with Gasteiger partial charge in [-0.1, -0.05) is 6.42 Å². The molecule has 2 aliphatic heterocycles. The average molecular weight is 253 g/mol. The fraction of sp³-hybridized carbons (Fsp3) is 0.929. The molecule has 3 atom stereocenters. The third-order valence-electron chi connectivity index (χ3n) is 4.47. The van der Waals surface area contributed by atoms with Gasteiger partial charge >= 0.3 is 0 Å². The number of likely N-dealkylation sites (tertiary alicyclic amines) is 2. The SMILES string of the molecule is CC(N)C1CCCCN1C(C)C(=O)N1CCCC1. The standard InChI is InChI=1S/C14H27N3O/c1-11(15)13-7-3-4-10-17(13)12(2)14(18)16-8-5-6-9-16/h11-13H,3-10,15H2,1-2H3. The first-order valence-electron chi connectivity index (χ1n) is 7.41. The first-order chi connectivity index (χ1) is 8.61. The van der Waals surface area contributed by atoms with Crippen molar-refractivity contribution in [3.63, 3.8) is 0 Å². The van der Waals surface area contributed by atoms with Crippen LogP contribution in [0.4, 0.5) is 0 Å². The predicted octanol–water partition coefficient (Wildman–Crippen LogP) is 1.20. The van der Waals surface area contributed by atoms with Crippen LogP contribution < -0.4 is 5.73 Å². The molecule has 104 valence electrons. The van der Waals surface area contributed by atoms with Crippen LogP contribution in [0.1, 0.15) is 46.0 Å². The minimum Gasteiger partial charge on any atom is -0.341 e. The minimum atomic E-state index is -0.000556. The van der Waals surface area contributed by atoms with Crippen molar-refractivity contribution in [2.24, 2.45) is 5.73 Å². The van der Waals surface area contributed by atoms with Gasteiger partial charge in [-0.2, -0.15) is 0 Å². The van der Waals surface area contributed by atoms with Gasteiger partial charge in [-0.05, 0) is 46.1 Å². The Labute approximate surface area is 110 Å². The van der Waals surface area contributed by atoms with E-state index in [-0.39, 0.29) is 12.1 Å². The van der Waals surface area contributed by atoms with Gasteiger partial charge in [-0.25, -0.2) is 0 Å². The van der Waals surface area contributed by atoms with Gasteiger partial charge in [0.05, 0.1) is 6.04 Å². The van der Waals surface area contributed by atoms with E-state index in [0.29, 0.717) is 11.9 Å². The molecule has 1 amide bonds. The van der Waals surface area contributed by atoms with Crippen molar-refractivity contribution in [1.29, 1.82) is 0 Å². The van der Waals surface area contributed by atoms with Gasteiger partial charge in [0.2, 0.25) is 5.91 Å². The van der Waals surface area contributed by atoms with E-state index in [9.17, 15) is 4.79 Å².